The van der Waals surface area contributed by atoms with Crippen molar-refractivity contribution < 1.29 is 27.4 Å². The van der Waals surface area contributed by atoms with Crippen LogP contribution in [-0.4, -0.2) is 28.9 Å². The number of rotatable bonds is 5. The highest BCUT2D eigenvalue weighted by Gasteiger charge is 2.31. The van der Waals surface area contributed by atoms with Gasteiger partial charge in [0, 0.05) is 23.2 Å². The number of pyridine rings is 1. The number of fused-ring (bicyclic) bond motifs is 1. The number of hydrogen-bond acceptors (Lipinski definition) is 4. The van der Waals surface area contributed by atoms with E-state index < -0.39 is 23.6 Å². The van der Waals surface area contributed by atoms with Gasteiger partial charge in [0.25, 0.3) is 11.5 Å². The molecule has 0 spiro atoms. The Morgan fingerprint density at radius 2 is 1.75 bits per heavy atom. The predicted molar refractivity (Wildman–Crippen MR) is 112 cm³/mol. The molecule has 2 N–H and O–H groups in total. The molecule has 2 aromatic heterocycles. The van der Waals surface area contributed by atoms with Crippen LogP contribution in [0, 0.1) is 0 Å². The summed E-state index contributed by atoms with van der Waals surface area (Å²) in [6.45, 7) is 0. The molecule has 1 amide bonds. The standard InChI is InChI=1S/C22H16F3N3O4/c1-31-17-4-2-3-14(12-17)26-21(30)18-11-13-5-10-19(29)28(20(13)27-18)15-6-8-16(9-7-15)32-22(23,24)25/h2-12,27H,1H3,(H,26,30). The molecule has 10 heteroatoms. The lowest BCUT2D eigenvalue weighted by Crippen LogP contribution is -2.19. The van der Waals surface area contributed by atoms with Crippen molar-refractivity contribution >= 4 is 22.6 Å². The fraction of sp³-hybridized carbons (Fsp3) is 0.0909. The van der Waals surface area contributed by atoms with Crippen molar-refractivity contribution in [3.8, 4) is 17.2 Å². The number of alkyl halides is 3. The molecule has 0 fully saturated rings. The summed E-state index contributed by atoms with van der Waals surface area (Å²) >= 11 is 0. The molecule has 0 saturated heterocycles. The lowest BCUT2D eigenvalue weighted by molar-refractivity contribution is -0.274. The summed E-state index contributed by atoms with van der Waals surface area (Å²) < 4.78 is 47.4. The molecule has 4 rings (SSSR count). The number of ether oxygens (including phenoxy) is 2. The van der Waals surface area contributed by atoms with E-state index in [9.17, 15) is 22.8 Å². The lowest BCUT2D eigenvalue weighted by Gasteiger charge is -2.11. The van der Waals surface area contributed by atoms with E-state index in [-0.39, 0.29) is 5.69 Å². The number of carbonyl (C=O) groups is 1. The first kappa shape index (κ1) is 21.0. The summed E-state index contributed by atoms with van der Waals surface area (Å²) in [5.41, 5.74) is 0.906. The quantitative estimate of drug-likeness (QED) is 0.476. The monoisotopic (exact) mass is 443 g/mol. The number of aromatic amines is 1. The molecule has 0 radical (unpaired) electrons. The van der Waals surface area contributed by atoms with E-state index in [1.807, 2.05) is 0 Å². The molecule has 0 unspecified atom stereocenters. The molecular weight excluding hydrogens is 427 g/mol. The van der Waals surface area contributed by atoms with E-state index in [4.69, 9.17) is 4.74 Å². The number of nitrogens with zero attached hydrogens (tertiary/aromatic N) is 1. The molecule has 32 heavy (non-hydrogen) atoms. The summed E-state index contributed by atoms with van der Waals surface area (Å²) in [6.07, 6.45) is -4.82. The van der Waals surface area contributed by atoms with Crippen molar-refractivity contribution in [1.82, 2.24) is 9.55 Å². The minimum Gasteiger partial charge on any atom is -0.497 e. The molecule has 0 saturated carbocycles. The second-order valence-corrected chi connectivity index (χ2v) is 6.72. The zero-order chi connectivity index (χ0) is 22.9. The summed E-state index contributed by atoms with van der Waals surface area (Å²) in [5.74, 6) is -0.278. The van der Waals surface area contributed by atoms with Crippen molar-refractivity contribution in [2.24, 2.45) is 0 Å². The Balaban J connectivity index is 1.67. The Morgan fingerprint density at radius 3 is 2.44 bits per heavy atom. The van der Waals surface area contributed by atoms with Crippen molar-refractivity contribution in [3.05, 3.63) is 82.8 Å². The molecule has 0 aliphatic rings. The molecule has 4 aromatic rings. The third kappa shape index (κ3) is 4.43. The topological polar surface area (TPSA) is 85.3 Å². The van der Waals surface area contributed by atoms with Gasteiger partial charge < -0.3 is 19.8 Å². The Kier molecular flexibility index (Phi) is 5.35. The fourth-order valence-corrected chi connectivity index (χ4v) is 3.19. The van der Waals surface area contributed by atoms with Crippen LogP contribution in [0.4, 0.5) is 18.9 Å². The molecule has 0 aliphatic heterocycles. The van der Waals surface area contributed by atoms with Crippen LogP contribution in [0.25, 0.3) is 16.7 Å². The van der Waals surface area contributed by atoms with Gasteiger partial charge in [0.05, 0.1) is 12.8 Å². The molecule has 7 nitrogen and oxygen atoms in total. The third-order valence-corrected chi connectivity index (χ3v) is 4.58. The van der Waals surface area contributed by atoms with Gasteiger partial charge in [-0.1, -0.05) is 6.07 Å². The third-order valence-electron chi connectivity index (χ3n) is 4.58. The lowest BCUT2D eigenvalue weighted by atomic mass is 10.2. The molecule has 0 aliphatic carbocycles. The normalized spacial score (nSPS) is 11.4. The van der Waals surface area contributed by atoms with Gasteiger partial charge in [-0.15, -0.1) is 13.2 Å². The van der Waals surface area contributed by atoms with Crippen LogP contribution < -0.4 is 20.3 Å². The largest absolute Gasteiger partial charge is 0.573 e. The SMILES string of the molecule is COc1cccc(NC(=O)c2cc3ccc(=O)n(-c4ccc(OC(F)(F)F)cc4)c3[nH]2)c1. The fourth-order valence-electron chi connectivity index (χ4n) is 3.19. The second kappa shape index (κ2) is 8.14. The van der Waals surface area contributed by atoms with Gasteiger partial charge in [0.2, 0.25) is 0 Å². The minimum atomic E-state index is -4.82. The van der Waals surface area contributed by atoms with Gasteiger partial charge in [-0.3, -0.25) is 14.2 Å². The Labute approximate surface area is 179 Å². The first-order valence-electron chi connectivity index (χ1n) is 9.30. The number of anilines is 1. The number of nitrogens with one attached hydrogen (secondary N) is 2. The molecule has 2 aromatic carbocycles. The molecular formula is C22H16F3N3O4. The summed E-state index contributed by atoms with van der Waals surface area (Å²) in [5, 5.41) is 3.30. The van der Waals surface area contributed by atoms with E-state index >= 15 is 0 Å². The van der Waals surface area contributed by atoms with Gasteiger partial charge in [0.1, 0.15) is 22.8 Å². The van der Waals surface area contributed by atoms with Crippen LogP contribution in [-0.2, 0) is 0 Å². The van der Waals surface area contributed by atoms with E-state index in [0.717, 1.165) is 12.1 Å². The van der Waals surface area contributed by atoms with Crippen molar-refractivity contribution in [2.45, 2.75) is 6.36 Å². The maximum Gasteiger partial charge on any atom is 0.573 e. The van der Waals surface area contributed by atoms with Crippen molar-refractivity contribution in [3.63, 3.8) is 0 Å². The number of hydrogen-bond donors (Lipinski definition) is 2. The van der Waals surface area contributed by atoms with E-state index in [0.29, 0.717) is 28.2 Å². The minimum absolute atomic E-state index is 0.194. The zero-order valence-electron chi connectivity index (χ0n) is 16.6. The number of halogens is 3. The Morgan fingerprint density at radius 1 is 1.00 bits per heavy atom. The number of benzene rings is 2. The molecule has 0 bridgehead atoms. The van der Waals surface area contributed by atoms with Crippen LogP contribution in [0.3, 0.4) is 0 Å². The molecule has 164 valence electrons. The van der Waals surface area contributed by atoms with E-state index in [2.05, 4.69) is 15.0 Å². The Hall–Kier alpha value is -4.21. The molecule has 2 heterocycles. The highest BCUT2D eigenvalue weighted by atomic mass is 19.4. The number of amides is 1. The van der Waals surface area contributed by atoms with Crippen LogP contribution in [0.2, 0.25) is 0 Å². The number of H-pyrrole nitrogens is 1. The van der Waals surface area contributed by atoms with Crippen molar-refractivity contribution in [2.75, 3.05) is 12.4 Å². The average Bonchev–Trinajstić information content (AvgIpc) is 3.18. The predicted octanol–water partition coefficient (Wildman–Crippen LogP) is 4.48. The molecule has 0 atom stereocenters. The van der Waals surface area contributed by atoms with Gasteiger partial charge in [-0.05, 0) is 48.5 Å². The highest BCUT2D eigenvalue weighted by molar-refractivity contribution is 6.05. The first-order chi connectivity index (χ1) is 15.2. The number of methoxy groups -OCH3 is 1. The maximum atomic E-state index is 12.7. The Bertz CT molecular complexity index is 1340. The number of carbonyl (C=O) groups excluding carboxylic acids is 1. The van der Waals surface area contributed by atoms with E-state index in [1.165, 1.54) is 29.9 Å². The summed E-state index contributed by atoms with van der Waals surface area (Å²) in [7, 11) is 1.51. The van der Waals surface area contributed by atoms with Gasteiger partial charge in [-0.25, -0.2) is 0 Å². The zero-order valence-corrected chi connectivity index (χ0v) is 16.6. The maximum absolute atomic E-state index is 12.7. The second-order valence-electron chi connectivity index (χ2n) is 6.72. The smallest absolute Gasteiger partial charge is 0.497 e. The van der Waals surface area contributed by atoms with Gasteiger partial charge in [-0.2, -0.15) is 0 Å². The average molecular weight is 443 g/mol. The number of aromatic nitrogens is 2. The van der Waals surface area contributed by atoms with Crippen molar-refractivity contribution in [1.29, 1.82) is 0 Å². The van der Waals surface area contributed by atoms with E-state index in [1.54, 1.807) is 36.4 Å². The summed E-state index contributed by atoms with van der Waals surface area (Å²) in [6, 6.07) is 16.1. The highest BCUT2D eigenvalue weighted by Crippen LogP contribution is 2.25. The van der Waals surface area contributed by atoms with Gasteiger partial charge in [0.15, 0.2) is 0 Å². The first-order valence-corrected chi connectivity index (χ1v) is 9.30. The summed E-state index contributed by atoms with van der Waals surface area (Å²) in [4.78, 5) is 28.1. The van der Waals surface area contributed by atoms with Crippen LogP contribution in [0.1, 0.15) is 10.5 Å². The van der Waals surface area contributed by atoms with Gasteiger partial charge >= 0.3 is 6.36 Å². The van der Waals surface area contributed by atoms with Crippen LogP contribution >= 0.6 is 0 Å². The van der Waals surface area contributed by atoms with Crippen LogP contribution in [0.15, 0.2) is 71.5 Å². The van der Waals surface area contributed by atoms with Crippen LogP contribution in [0.5, 0.6) is 11.5 Å².